The summed E-state index contributed by atoms with van der Waals surface area (Å²) in [5, 5.41) is 0.582. The van der Waals surface area contributed by atoms with E-state index in [1.807, 2.05) is 12.1 Å². The summed E-state index contributed by atoms with van der Waals surface area (Å²) >= 11 is 12.2. The third-order valence-electron chi connectivity index (χ3n) is 4.04. The zero-order chi connectivity index (χ0) is 14.5. The highest BCUT2D eigenvalue weighted by atomic mass is 35.5. The Morgan fingerprint density at radius 2 is 2.10 bits per heavy atom. The Bertz CT molecular complexity index is 448. The van der Waals surface area contributed by atoms with Crippen LogP contribution in [0.3, 0.4) is 0 Å². The lowest BCUT2D eigenvalue weighted by molar-refractivity contribution is 0.118. The van der Waals surface area contributed by atoms with Crippen LogP contribution in [-0.2, 0) is 5.88 Å². The predicted molar refractivity (Wildman–Crippen MR) is 84.2 cm³/mol. The minimum Gasteiger partial charge on any atom is -0.493 e. The summed E-state index contributed by atoms with van der Waals surface area (Å²) in [6.45, 7) is 2.25. The molecule has 2 rings (SSSR count). The van der Waals surface area contributed by atoms with Gasteiger partial charge in [-0.3, -0.25) is 0 Å². The molecule has 0 spiro atoms. The van der Waals surface area contributed by atoms with E-state index in [4.69, 9.17) is 32.7 Å². The lowest BCUT2D eigenvalue weighted by Gasteiger charge is -2.29. The zero-order valence-electron chi connectivity index (χ0n) is 12.1. The van der Waals surface area contributed by atoms with Crippen LogP contribution in [0.2, 0.25) is 5.02 Å². The molecule has 0 heterocycles. The predicted octanol–water partition coefficient (Wildman–Crippen LogP) is 5.44. The van der Waals surface area contributed by atoms with Gasteiger partial charge in [0.25, 0.3) is 0 Å². The quantitative estimate of drug-likeness (QED) is 0.674. The fourth-order valence-corrected chi connectivity index (χ4v) is 3.28. The summed E-state index contributed by atoms with van der Waals surface area (Å²) in [6.07, 6.45) is 6.19. The average molecular weight is 317 g/mol. The van der Waals surface area contributed by atoms with E-state index in [0.29, 0.717) is 22.4 Å². The van der Waals surface area contributed by atoms with Crippen molar-refractivity contribution in [2.24, 2.45) is 5.92 Å². The van der Waals surface area contributed by atoms with Gasteiger partial charge in [0.05, 0.1) is 18.2 Å². The number of hydrogen-bond acceptors (Lipinski definition) is 2. The molecule has 1 aliphatic rings. The Kier molecular flexibility index (Phi) is 5.86. The lowest BCUT2D eigenvalue weighted by Crippen LogP contribution is -2.25. The maximum atomic E-state index is 6.32. The molecule has 0 aliphatic heterocycles. The Morgan fingerprint density at radius 1 is 1.30 bits per heavy atom. The van der Waals surface area contributed by atoms with E-state index in [9.17, 15) is 0 Å². The molecule has 1 aliphatic carbocycles. The summed E-state index contributed by atoms with van der Waals surface area (Å²) in [7, 11) is 1.63. The van der Waals surface area contributed by atoms with Crippen molar-refractivity contribution >= 4 is 23.2 Å². The zero-order valence-corrected chi connectivity index (χ0v) is 13.6. The lowest BCUT2D eigenvalue weighted by atomic mass is 9.85. The number of ether oxygens (including phenoxy) is 2. The van der Waals surface area contributed by atoms with Gasteiger partial charge in [-0.15, -0.1) is 11.6 Å². The molecule has 0 N–H and O–H groups in total. The first-order valence-electron chi connectivity index (χ1n) is 7.27. The van der Waals surface area contributed by atoms with E-state index in [-0.39, 0.29) is 6.10 Å². The molecule has 0 saturated heterocycles. The van der Waals surface area contributed by atoms with Crippen molar-refractivity contribution in [3.05, 3.63) is 22.7 Å². The molecule has 0 radical (unpaired) electrons. The van der Waals surface area contributed by atoms with E-state index >= 15 is 0 Å². The fraction of sp³-hybridized carbons (Fsp3) is 0.625. The third-order valence-corrected chi connectivity index (χ3v) is 4.63. The molecule has 20 heavy (non-hydrogen) atoms. The number of hydrogen-bond donors (Lipinski definition) is 0. The number of rotatable bonds is 5. The highest BCUT2D eigenvalue weighted by Crippen LogP contribution is 2.39. The molecule has 2 unspecified atom stereocenters. The van der Waals surface area contributed by atoms with Gasteiger partial charge in [-0.25, -0.2) is 0 Å². The van der Waals surface area contributed by atoms with Crippen LogP contribution in [0.5, 0.6) is 11.5 Å². The Balaban J connectivity index is 2.15. The summed E-state index contributed by atoms with van der Waals surface area (Å²) in [5.41, 5.74) is 0.941. The fourth-order valence-electron chi connectivity index (χ4n) is 2.85. The number of benzene rings is 1. The van der Waals surface area contributed by atoms with Crippen LogP contribution in [0, 0.1) is 5.92 Å². The monoisotopic (exact) mass is 316 g/mol. The van der Waals surface area contributed by atoms with Gasteiger partial charge in [0.2, 0.25) is 0 Å². The van der Waals surface area contributed by atoms with Gasteiger partial charge in [-0.2, -0.15) is 0 Å². The summed E-state index contributed by atoms with van der Waals surface area (Å²) in [4.78, 5) is 0. The van der Waals surface area contributed by atoms with Crippen molar-refractivity contribution in [3.8, 4) is 11.5 Å². The molecule has 2 nitrogen and oxygen atoms in total. The summed E-state index contributed by atoms with van der Waals surface area (Å²) in [5.74, 6) is 2.51. The van der Waals surface area contributed by atoms with Crippen molar-refractivity contribution in [1.82, 2.24) is 0 Å². The summed E-state index contributed by atoms with van der Waals surface area (Å²) < 4.78 is 11.5. The molecule has 2 atom stereocenters. The first kappa shape index (κ1) is 15.8. The molecule has 1 aromatic carbocycles. The molecule has 4 heteroatoms. The molecule has 0 aromatic heterocycles. The van der Waals surface area contributed by atoms with Crippen molar-refractivity contribution in [1.29, 1.82) is 0 Å². The standard InChI is InChI=1S/C16H22Cl2O2/c1-3-11-5-4-6-13(7-11)20-16-14(18)8-12(10-17)9-15(16)19-2/h8-9,11,13H,3-7,10H2,1-2H3. The highest BCUT2D eigenvalue weighted by molar-refractivity contribution is 6.32. The SMILES string of the molecule is CCC1CCCC(Oc2c(Cl)cc(CCl)cc2OC)C1. The Hall–Kier alpha value is -0.600. The molecular formula is C16H22Cl2O2. The highest BCUT2D eigenvalue weighted by Gasteiger charge is 2.24. The number of alkyl halides is 1. The minimum absolute atomic E-state index is 0.238. The first-order valence-corrected chi connectivity index (χ1v) is 8.18. The third kappa shape index (κ3) is 3.73. The van der Waals surface area contributed by atoms with Crippen LogP contribution in [0.4, 0.5) is 0 Å². The van der Waals surface area contributed by atoms with Gasteiger partial charge in [-0.1, -0.05) is 31.4 Å². The van der Waals surface area contributed by atoms with Gasteiger partial charge in [0.1, 0.15) is 0 Å². The van der Waals surface area contributed by atoms with Crippen LogP contribution < -0.4 is 9.47 Å². The normalized spacial score (nSPS) is 22.6. The van der Waals surface area contributed by atoms with E-state index in [2.05, 4.69) is 6.92 Å². The van der Waals surface area contributed by atoms with Crippen molar-refractivity contribution in [2.75, 3.05) is 7.11 Å². The van der Waals surface area contributed by atoms with E-state index in [1.165, 1.54) is 19.3 Å². The van der Waals surface area contributed by atoms with Crippen molar-refractivity contribution in [3.63, 3.8) is 0 Å². The van der Waals surface area contributed by atoms with Crippen LogP contribution >= 0.6 is 23.2 Å². The first-order chi connectivity index (χ1) is 9.67. The second-order valence-corrected chi connectivity index (χ2v) is 6.10. The smallest absolute Gasteiger partial charge is 0.180 e. The number of methoxy groups -OCH3 is 1. The number of halogens is 2. The van der Waals surface area contributed by atoms with Crippen LogP contribution in [0.1, 0.15) is 44.6 Å². The second-order valence-electron chi connectivity index (χ2n) is 5.42. The van der Waals surface area contributed by atoms with Crippen molar-refractivity contribution in [2.45, 2.75) is 51.0 Å². The Morgan fingerprint density at radius 3 is 2.75 bits per heavy atom. The van der Waals surface area contributed by atoms with Crippen molar-refractivity contribution < 1.29 is 9.47 Å². The molecule has 0 amide bonds. The van der Waals surface area contributed by atoms with Gasteiger partial charge < -0.3 is 9.47 Å². The largest absolute Gasteiger partial charge is 0.493 e. The summed E-state index contributed by atoms with van der Waals surface area (Å²) in [6, 6.07) is 3.75. The van der Waals surface area contributed by atoms with Crippen LogP contribution in [0.25, 0.3) is 0 Å². The molecule has 1 fully saturated rings. The molecule has 112 valence electrons. The topological polar surface area (TPSA) is 18.5 Å². The van der Waals surface area contributed by atoms with Gasteiger partial charge in [0, 0.05) is 5.88 Å². The average Bonchev–Trinajstić information content (AvgIpc) is 2.49. The van der Waals surface area contributed by atoms with Crippen LogP contribution in [0.15, 0.2) is 12.1 Å². The molecule has 1 aromatic rings. The minimum atomic E-state index is 0.238. The van der Waals surface area contributed by atoms with Gasteiger partial charge in [0.15, 0.2) is 11.5 Å². The second kappa shape index (κ2) is 7.42. The van der Waals surface area contributed by atoms with Gasteiger partial charge >= 0.3 is 0 Å². The molecular weight excluding hydrogens is 295 g/mol. The van der Waals surface area contributed by atoms with E-state index in [0.717, 1.165) is 24.3 Å². The Labute approximate surface area is 131 Å². The van der Waals surface area contributed by atoms with Crippen LogP contribution in [-0.4, -0.2) is 13.2 Å². The van der Waals surface area contributed by atoms with E-state index < -0.39 is 0 Å². The molecule has 1 saturated carbocycles. The molecule has 0 bridgehead atoms. The maximum absolute atomic E-state index is 6.32. The maximum Gasteiger partial charge on any atom is 0.180 e. The van der Waals surface area contributed by atoms with Gasteiger partial charge in [-0.05, 0) is 42.9 Å². The van der Waals surface area contributed by atoms with E-state index in [1.54, 1.807) is 7.11 Å².